The summed E-state index contributed by atoms with van der Waals surface area (Å²) in [5.74, 6) is 2.21. The van der Waals surface area contributed by atoms with Gasteiger partial charge in [-0.05, 0) is 55.5 Å². The molecule has 4 aromatic rings. The predicted molar refractivity (Wildman–Crippen MR) is 110 cm³/mol. The van der Waals surface area contributed by atoms with E-state index in [2.05, 4.69) is 14.7 Å². The third kappa shape index (κ3) is 4.44. The number of nitrogens with one attached hydrogen (secondary N) is 1. The van der Waals surface area contributed by atoms with E-state index < -0.39 is 10.0 Å². The molecular formula is C21H18N4O3S. The van der Waals surface area contributed by atoms with Crippen LogP contribution in [0.4, 0.5) is 5.69 Å². The van der Waals surface area contributed by atoms with Crippen molar-refractivity contribution in [1.82, 2.24) is 14.5 Å². The summed E-state index contributed by atoms with van der Waals surface area (Å²) in [4.78, 5) is 8.90. The van der Waals surface area contributed by atoms with E-state index in [1.165, 1.54) is 0 Å². The summed E-state index contributed by atoms with van der Waals surface area (Å²) in [7, 11) is -3.64. The van der Waals surface area contributed by atoms with E-state index in [0.717, 1.165) is 0 Å². The molecule has 0 bridgehead atoms. The van der Waals surface area contributed by atoms with Crippen molar-refractivity contribution in [2.45, 2.75) is 11.8 Å². The Hall–Kier alpha value is -3.65. The average molecular weight is 406 g/mol. The van der Waals surface area contributed by atoms with E-state index in [1.807, 2.05) is 29.1 Å². The first-order valence-corrected chi connectivity index (χ1v) is 10.3. The number of rotatable bonds is 6. The minimum atomic E-state index is -3.64. The number of aromatic nitrogens is 3. The molecule has 29 heavy (non-hydrogen) atoms. The molecule has 0 spiro atoms. The van der Waals surface area contributed by atoms with E-state index in [-0.39, 0.29) is 4.90 Å². The van der Waals surface area contributed by atoms with Crippen LogP contribution in [-0.2, 0) is 10.0 Å². The van der Waals surface area contributed by atoms with Crippen LogP contribution in [0, 0.1) is 6.92 Å². The first-order chi connectivity index (χ1) is 14.0. The summed E-state index contributed by atoms with van der Waals surface area (Å²) in [5, 5.41) is 0. The van der Waals surface area contributed by atoms with Crippen LogP contribution in [0.1, 0.15) is 5.82 Å². The molecule has 0 aliphatic heterocycles. The molecule has 2 aromatic heterocycles. The van der Waals surface area contributed by atoms with Gasteiger partial charge in [0.05, 0.1) is 4.90 Å². The van der Waals surface area contributed by atoms with Crippen LogP contribution in [0.5, 0.6) is 11.6 Å². The second-order valence-electron chi connectivity index (χ2n) is 6.25. The average Bonchev–Trinajstić information content (AvgIpc) is 3.25. The highest BCUT2D eigenvalue weighted by atomic mass is 32.2. The lowest BCUT2D eigenvalue weighted by atomic mass is 10.3. The van der Waals surface area contributed by atoms with E-state index >= 15 is 0 Å². The van der Waals surface area contributed by atoms with Gasteiger partial charge in [-0.1, -0.05) is 18.2 Å². The second kappa shape index (κ2) is 7.76. The Kier molecular flexibility index (Phi) is 5.01. The number of anilines is 1. The van der Waals surface area contributed by atoms with Gasteiger partial charge in [-0.3, -0.25) is 4.72 Å². The van der Waals surface area contributed by atoms with Crippen LogP contribution >= 0.6 is 0 Å². The standard InChI is InChI=1S/C21H18N4O3S/c1-16-22-20(25-13-5-6-14-25)15-21(23-16)28-18-11-9-17(10-12-18)24-29(26,27)19-7-3-2-4-8-19/h2-15,24H,1H3. The van der Waals surface area contributed by atoms with Crippen molar-refractivity contribution in [3.8, 4) is 17.4 Å². The molecule has 7 nitrogen and oxygen atoms in total. The molecular weight excluding hydrogens is 388 g/mol. The van der Waals surface area contributed by atoms with Crippen LogP contribution in [0.3, 0.4) is 0 Å². The highest BCUT2D eigenvalue weighted by molar-refractivity contribution is 7.92. The van der Waals surface area contributed by atoms with Crippen LogP contribution in [0.25, 0.3) is 5.82 Å². The van der Waals surface area contributed by atoms with Gasteiger partial charge in [0, 0.05) is 24.1 Å². The fourth-order valence-electron chi connectivity index (χ4n) is 2.72. The lowest BCUT2D eigenvalue weighted by Gasteiger charge is -2.10. The van der Waals surface area contributed by atoms with Crippen molar-refractivity contribution in [3.05, 3.63) is 91.0 Å². The van der Waals surface area contributed by atoms with E-state index in [0.29, 0.717) is 29.0 Å². The summed E-state index contributed by atoms with van der Waals surface area (Å²) < 4.78 is 35.0. The number of hydrogen-bond donors (Lipinski definition) is 1. The second-order valence-corrected chi connectivity index (χ2v) is 7.93. The number of ether oxygens (including phenoxy) is 1. The Bertz CT molecular complexity index is 1210. The normalized spacial score (nSPS) is 11.2. The van der Waals surface area contributed by atoms with E-state index in [9.17, 15) is 8.42 Å². The molecule has 2 heterocycles. The fraction of sp³-hybridized carbons (Fsp3) is 0.0476. The molecule has 0 aliphatic carbocycles. The van der Waals surface area contributed by atoms with Crippen molar-refractivity contribution >= 4 is 15.7 Å². The molecule has 0 saturated heterocycles. The molecule has 0 amide bonds. The number of nitrogens with zero attached hydrogens (tertiary/aromatic N) is 3. The Morgan fingerprint density at radius 2 is 1.59 bits per heavy atom. The molecule has 0 aliphatic rings. The maximum Gasteiger partial charge on any atom is 0.261 e. The number of benzene rings is 2. The van der Waals surface area contributed by atoms with Crippen molar-refractivity contribution in [2.24, 2.45) is 0 Å². The molecule has 0 unspecified atom stereocenters. The fourth-order valence-corrected chi connectivity index (χ4v) is 3.80. The molecule has 0 radical (unpaired) electrons. The lowest BCUT2D eigenvalue weighted by Crippen LogP contribution is -2.12. The number of sulfonamides is 1. The minimum absolute atomic E-state index is 0.203. The molecule has 0 saturated carbocycles. The number of hydrogen-bond acceptors (Lipinski definition) is 5. The van der Waals surface area contributed by atoms with Gasteiger partial charge in [-0.25, -0.2) is 13.4 Å². The van der Waals surface area contributed by atoms with Crippen molar-refractivity contribution in [2.75, 3.05) is 4.72 Å². The van der Waals surface area contributed by atoms with Gasteiger partial charge in [0.15, 0.2) is 0 Å². The molecule has 146 valence electrons. The third-order valence-electron chi connectivity index (χ3n) is 4.05. The van der Waals surface area contributed by atoms with Gasteiger partial charge in [-0.15, -0.1) is 0 Å². The first-order valence-electron chi connectivity index (χ1n) is 8.84. The van der Waals surface area contributed by atoms with Gasteiger partial charge in [-0.2, -0.15) is 4.98 Å². The van der Waals surface area contributed by atoms with Gasteiger partial charge >= 0.3 is 0 Å². The highest BCUT2D eigenvalue weighted by Crippen LogP contribution is 2.24. The highest BCUT2D eigenvalue weighted by Gasteiger charge is 2.13. The zero-order valence-electron chi connectivity index (χ0n) is 15.6. The summed E-state index contributed by atoms with van der Waals surface area (Å²) in [5.41, 5.74) is 0.438. The lowest BCUT2D eigenvalue weighted by molar-refractivity contribution is 0.459. The summed E-state index contributed by atoms with van der Waals surface area (Å²) in [6.07, 6.45) is 3.78. The molecule has 0 atom stereocenters. The summed E-state index contributed by atoms with van der Waals surface area (Å²) in [6, 6.07) is 20.4. The Morgan fingerprint density at radius 3 is 2.28 bits per heavy atom. The van der Waals surface area contributed by atoms with Gasteiger partial charge in [0.2, 0.25) is 5.88 Å². The molecule has 0 fully saturated rings. The molecule has 2 aromatic carbocycles. The van der Waals surface area contributed by atoms with Gasteiger partial charge in [0.1, 0.15) is 17.4 Å². The molecule has 4 rings (SSSR count). The zero-order chi connectivity index (χ0) is 20.3. The Morgan fingerprint density at radius 1 is 0.897 bits per heavy atom. The maximum atomic E-state index is 12.4. The predicted octanol–water partition coefficient (Wildman–Crippen LogP) is 4.17. The molecule has 8 heteroatoms. The first kappa shape index (κ1) is 18.7. The van der Waals surface area contributed by atoms with Gasteiger partial charge < -0.3 is 9.30 Å². The maximum absolute atomic E-state index is 12.4. The smallest absolute Gasteiger partial charge is 0.261 e. The SMILES string of the molecule is Cc1nc(Oc2ccc(NS(=O)(=O)c3ccccc3)cc2)cc(-n2cccc2)n1. The topological polar surface area (TPSA) is 86.1 Å². The Labute approximate surface area is 168 Å². The minimum Gasteiger partial charge on any atom is -0.439 e. The van der Waals surface area contributed by atoms with E-state index in [4.69, 9.17) is 4.74 Å². The zero-order valence-corrected chi connectivity index (χ0v) is 16.4. The van der Waals surface area contributed by atoms with Crippen LogP contribution in [0.2, 0.25) is 0 Å². The van der Waals surface area contributed by atoms with Crippen LogP contribution in [0.15, 0.2) is 90.1 Å². The van der Waals surface area contributed by atoms with Crippen LogP contribution in [-0.4, -0.2) is 23.0 Å². The third-order valence-corrected chi connectivity index (χ3v) is 5.45. The monoisotopic (exact) mass is 406 g/mol. The van der Waals surface area contributed by atoms with Crippen molar-refractivity contribution in [3.63, 3.8) is 0 Å². The Balaban J connectivity index is 1.51. The van der Waals surface area contributed by atoms with Gasteiger partial charge in [0.25, 0.3) is 10.0 Å². The van der Waals surface area contributed by atoms with Crippen molar-refractivity contribution < 1.29 is 13.2 Å². The van der Waals surface area contributed by atoms with Crippen LogP contribution < -0.4 is 9.46 Å². The quantitative estimate of drug-likeness (QED) is 0.519. The van der Waals surface area contributed by atoms with E-state index in [1.54, 1.807) is 67.6 Å². The summed E-state index contributed by atoms with van der Waals surface area (Å²) >= 11 is 0. The number of aryl methyl sites for hydroxylation is 1. The van der Waals surface area contributed by atoms with Crippen molar-refractivity contribution in [1.29, 1.82) is 0 Å². The largest absolute Gasteiger partial charge is 0.439 e. The molecule has 1 N–H and O–H groups in total. The summed E-state index contributed by atoms with van der Waals surface area (Å²) in [6.45, 7) is 1.79.